The van der Waals surface area contributed by atoms with Crippen LogP contribution in [0.3, 0.4) is 0 Å². The van der Waals surface area contributed by atoms with E-state index < -0.39 is 0 Å². The predicted octanol–water partition coefficient (Wildman–Crippen LogP) is 2.60. The molecular formula is C16H27N3. The summed E-state index contributed by atoms with van der Waals surface area (Å²) in [4.78, 5) is 7.13. The first-order valence-corrected chi connectivity index (χ1v) is 7.52. The van der Waals surface area contributed by atoms with Crippen molar-refractivity contribution >= 4 is 0 Å². The van der Waals surface area contributed by atoms with Crippen molar-refractivity contribution < 1.29 is 0 Å². The molecule has 0 atom stereocenters. The van der Waals surface area contributed by atoms with Crippen LogP contribution in [0.1, 0.15) is 38.1 Å². The second kappa shape index (κ2) is 7.01. The highest BCUT2D eigenvalue weighted by molar-refractivity contribution is 5.09. The number of aromatic nitrogens is 1. The van der Waals surface area contributed by atoms with E-state index in [1.165, 1.54) is 38.2 Å². The minimum atomic E-state index is 0.606. The van der Waals surface area contributed by atoms with Gasteiger partial charge in [0, 0.05) is 18.3 Å². The van der Waals surface area contributed by atoms with Crippen molar-refractivity contribution in [2.75, 3.05) is 19.6 Å². The molecule has 0 radical (unpaired) electrons. The van der Waals surface area contributed by atoms with Gasteiger partial charge >= 0.3 is 0 Å². The number of likely N-dealkylation sites (tertiary alicyclic amines) is 1. The Morgan fingerprint density at radius 1 is 1.32 bits per heavy atom. The second-order valence-electron chi connectivity index (χ2n) is 6.05. The molecule has 1 aliphatic heterocycles. The first-order valence-electron chi connectivity index (χ1n) is 7.52. The third kappa shape index (κ3) is 4.92. The van der Waals surface area contributed by atoms with E-state index in [9.17, 15) is 0 Å². The highest BCUT2D eigenvalue weighted by Gasteiger charge is 2.19. The fourth-order valence-electron chi connectivity index (χ4n) is 2.67. The summed E-state index contributed by atoms with van der Waals surface area (Å²) in [5.74, 6) is 0.851. The SMILES string of the molecule is Cc1cccc(CN2CCC(CNC(C)C)CC2)n1. The summed E-state index contributed by atoms with van der Waals surface area (Å²) in [6, 6.07) is 6.92. The van der Waals surface area contributed by atoms with Gasteiger partial charge in [0.2, 0.25) is 0 Å². The lowest BCUT2D eigenvalue weighted by Gasteiger charge is -2.32. The molecule has 0 aliphatic carbocycles. The largest absolute Gasteiger partial charge is 0.314 e. The van der Waals surface area contributed by atoms with E-state index in [-0.39, 0.29) is 0 Å². The number of pyridine rings is 1. The van der Waals surface area contributed by atoms with Crippen LogP contribution in [0.25, 0.3) is 0 Å². The van der Waals surface area contributed by atoms with Gasteiger partial charge in [0.25, 0.3) is 0 Å². The Morgan fingerprint density at radius 2 is 2.05 bits per heavy atom. The van der Waals surface area contributed by atoms with E-state index in [2.05, 4.69) is 54.2 Å². The average molecular weight is 261 g/mol. The molecule has 2 heterocycles. The first kappa shape index (κ1) is 14.5. The molecule has 1 N–H and O–H groups in total. The minimum Gasteiger partial charge on any atom is -0.314 e. The molecule has 0 amide bonds. The zero-order chi connectivity index (χ0) is 13.7. The number of aryl methyl sites for hydroxylation is 1. The molecule has 1 saturated heterocycles. The van der Waals surface area contributed by atoms with Crippen LogP contribution in [-0.2, 0) is 6.54 Å². The maximum atomic E-state index is 4.59. The van der Waals surface area contributed by atoms with Crippen LogP contribution in [0.4, 0.5) is 0 Å². The second-order valence-corrected chi connectivity index (χ2v) is 6.05. The lowest BCUT2D eigenvalue weighted by atomic mass is 9.96. The molecule has 19 heavy (non-hydrogen) atoms. The molecule has 106 valence electrons. The molecule has 0 bridgehead atoms. The zero-order valence-electron chi connectivity index (χ0n) is 12.5. The Bertz CT molecular complexity index is 381. The quantitative estimate of drug-likeness (QED) is 0.883. The van der Waals surface area contributed by atoms with Gasteiger partial charge in [0.15, 0.2) is 0 Å². The van der Waals surface area contributed by atoms with Gasteiger partial charge in [-0.1, -0.05) is 19.9 Å². The lowest BCUT2D eigenvalue weighted by molar-refractivity contribution is 0.172. The Morgan fingerprint density at radius 3 is 2.68 bits per heavy atom. The molecular weight excluding hydrogens is 234 g/mol. The van der Waals surface area contributed by atoms with Gasteiger partial charge in [0.05, 0.1) is 5.69 Å². The standard InChI is InChI=1S/C16H27N3/c1-13(2)17-11-15-7-9-19(10-8-15)12-16-6-4-5-14(3)18-16/h4-6,13,15,17H,7-12H2,1-3H3. The van der Waals surface area contributed by atoms with E-state index in [0.717, 1.165) is 18.2 Å². The number of nitrogens with one attached hydrogen (secondary N) is 1. The maximum Gasteiger partial charge on any atom is 0.0547 e. The van der Waals surface area contributed by atoms with Gasteiger partial charge < -0.3 is 5.32 Å². The third-order valence-electron chi connectivity index (χ3n) is 3.85. The van der Waals surface area contributed by atoms with Gasteiger partial charge in [-0.15, -0.1) is 0 Å². The van der Waals surface area contributed by atoms with Crippen molar-refractivity contribution in [2.24, 2.45) is 5.92 Å². The maximum absolute atomic E-state index is 4.59. The van der Waals surface area contributed by atoms with Crippen molar-refractivity contribution in [1.29, 1.82) is 0 Å². The van der Waals surface area contributed by atoms with E-state index in [0.29, 0.717) is 6.04 Å². The van der Waals surface area contributed by atoms with Gasteiger partial charge in [-0.25, -0.2) is 0 Å². The summed E-state index contributed by atoms with van der Waals surface area (Å²) in [5, 5.41) is 3.56. The summed E-state index contributed by atoms with van der Waals surface area (Å²) < 4.78 is 0. The fraction of sp³-hybridized carbons (Fsp3) is 0.688. The van der Waals surface area contributed by atoms with Crippen molar-refractivity contribution in [3.8, 4) is 0 Å². The van der Waals surface area contributed by atoms with Gasteiger partial charge in [-0.05, 0) is 57.5 Å². The molecule has 0 saturated carbocycles. The smallest absolute Gasteiger partial charge is 0.0547 e. The Hall–Kier alpha value is -0.930. The Balaban J connectivity index is 1.74. The molecule has 1 aromatic heterocycles. The molecule has 1 aliphatic rings. The monoisotopic (exact) mass is 261 g/mol. The number of nitrogens with zero attached hydrogens (tertiary/aromatic N) is 2. The van der Waals surface area contributed by atoms with Gasteiger partial charge in [-0.2, -0.15) is 0 Å². The highest BCUT2D eigenvalue weighted by atomic mass is 15.1. The Labute approximate surface area is 117 Å². The van der Waals surface area contributed by atoms with E-state index in [1.54, 1.807) is 0 Å². The van der Waals surface area contributed by atoms with Crippen molar-refractivity contribution in [1.82, 2.24) is 15.2 Å². The molecule has 0 unspecified atom stereocenters. The summed E-state index contributed by atoms with van der Waals surface area (Å²) in [7, 11) is 0. The molecule has 3 heteroatoms. The summed E-state index contributed by atoms with van der Waals surface area (Å²) in [5.41, 5.74) is 2.33. The third-order valence-corrected chi connectivity index (χ3v) is 3.85. The first-order chi connectivity index (χ1) is 9.13. The number of piperidine rings is 1. The van der Waals surface area contributed by atoms with Crippen LogP contribution in [0.15, 0.2) is 18.2 Å². The summed E-state index contributed by atoms with van der Waals surface area (Å²) >= 11 is 0. The molecule has 2 rings (SSSR count). The van der Waals surface area contributed by atoms with Gasteiger partial charge in [-0.3, -0.25) is 9.88 Å². The van der Waals surface area contributed by atoms with Crippen LogP contribution in [0, 0.1) is 12.8 Å². The summed E-state index contributed by atoms with van der Waals surface area (Å²) in [6.07, 6.45) is 2.62. The van der Waals surface area contributed by atoms with Crippen LogP contribution >= 0.6 is 0 Å². The summed E-state index contributed by atoms with van der Waals surface area (Å²) in [6.45, 7) is 11.1. The highest BCUT2D eigenvalue weighted by Crippen LogP contribution is 2.18. The lowest BCUT2D eigenvalue weighted by Crippen LogP contribution is -2.38. The molecule has 1 fully saturated rings. The molecule has 0 aromatic carbocycles. The normalized spacial score (nSPS) is 18.1. The predicted molar refractivity (Wildman–Crippen MR) is 80.1 cm³/mol. The van der Waals surface area contributed by atoms with E-state index in [4.69, 9.17) is 0 Å². The van der Waals surface area contributed by atoms with Crippen LogP contribution in [0.5, 0.6) is 0 Å². The zero-order valence-corrected chi connectivity index (χ0v) is 12.5. The average Bonchev–Trinajstić information content (AvgIpc) is 2.38. The number of hydrogen-bond donors (Lipinski definition) is 1. The van der Waals surface area contributed by atoms with Crippen molar-refractivity contribution in [3.05, 3.63) is 29.6 Å². The molecule has 1 aromatic rings. The van der Waals surface area contributed by atoms with Crippen LogP contribution in [-0.4, -0.2) is 35.6 Å². The van der Waals surface area contributed by atoms with Crippen LogP contribution < -0.4 is 5.32 Å². The van der Waals surface area contributed by atoms with E-state index >= 15 is 0 Å². The fourth-order valence-corrected chi connectivity index (χ4v) is 2.67. The van der Waals surface area contributed by atoms with Crippen molar-refractivity contribution in [2.45, 2.75) is 46.2 Å². The topological polar surface area (TPSA) is 28.2 Å². The minimum absolute atomic E-state index is 0.606. The Kier molecular flexibility index (Phi) is 5.34. The molecule has 3 nitrogen and oxygen atoms in total. The van der Waals surface area contributed by atoms with E-state index in [1.807, 2.05) is 0 Å². The van der Waals surface area contributed by atoms with Crippen LogP contribution in [0.2, 0.25) is 0 Å². The number of hydrogen-bond acceptors (Lipinski definition) is 3. The van der Waals surface area contributed by atoms with Crippen molar-refractivity contribution in [3.63, 3.8) is 0 Å². The number of rotatable bonds is 5. The molecule has 0 spiro atoms. The van der Waals surface area contributed by atoms with Gasteiger partial charge in [0.1, 0.15) is 0 Å².